The Morgan fingerprint density at radius 3 is 2.33 bits per heavy atom. The van der Waals surface area contributed by atoms with E-state index in [1.807, 2.05) is 6.07 Å². The summed E-state index contributed by atoms with van der Waals surface area (Å²) in [5.74, 6) is 0.900. The topological polar surface area (TPSA) is 109 Å². The minimum absolute atomic E-state index is 0.237. The second-order valence-corrected chi connectivity index (χ2v) is 5.26. The first-order valence-corrected chi connectivity index (χ1v) is 7.95. The molecule has 1 aromatic heterocycles. The molecule has 0 bridgehead atoms. The molecule has 2 rings (SSSR count). The fourth-order valence-corrected chi connectivity index (χ4v) is 2.55. The molecule has 0 saturated carbocycles. The average Bonchev–Trinajstić information content (AvgIpc) is 3.01. The third kappa shape index (κ3) is 3.23. The van der Waals surface area contributed by atoms with Crippen LogP contribution in [0.3, 0.4) is 0 Å². The lowest BCUT2D eigenvalue weighted by atomic mass is 10.1. The van der Waals surface area contributed by atoms with Crippen LogP contribution >= 0.6 is 11.8 Å². The number of ether oxygens (including phenoxy) is 3. The molecule has 0 aliphatic carbocycles. The van der Waals surface area contributed by atoms with Crippen molar-refractivity contribution in [3.63, 3.8) is 0 Å². The minimum Gasteiger partial charge on any atom is -0.493 e. The number of methoxy groups -OCH3 is 3. The summed E-state index contributed by atoms with van der Waals surface area (Å²) in [6.45, 7) is 0. The quantitative estimate of drug-likeness (QED) is 0.771. The lowest BCUT2D eigenvalue weighted by Gasteiger charge is -2.13. The number of nitrogens with zero attached hydrogens (tertiary/aromatic N) is 2. The molecule has 24 heavy (non-hydrogen) atoms. The van der Waals surface area contributed by atoms with E-state index in [0.717, 1.165) is 0 Å². The number of aromatic amines is 1. The highest BCUT2D eigenvalue weighted by Crippen LogP contribution is 2.38. The molecule has 0 spiro atoms. The first-order chi connectivity index (χ1) is 11.6. The summed E-state index contributed by atoms with van der Waals surface area (Å²) in [6, 6.07) is 5.06. The van der Waals surface area contributed by atoms with E-state index in [0.29, 0.717) is 22.3 Å². The van der Waals surface area contributed by atoms with Crippen LogP contribution in [-0.4, -0.2) is 43.7 Å². The maximum atomic E-state index is 12.5. The van der Waals surface area contributed by atoms with Crippen molar-refractivity contribution in [2.24, 2.45) is 0 Å². The highest BCUT2D eigenvalue weighted by Gasteiger charge is 2.19. The Bertz CT molecular complexity index is 772. The largest absolute Gasteiger partial charge is 0.493 e. The molecule has 0 saturated heterocycles. The van der Waals surface area contributed by atoms with E-state index in [1.54, 1.807) is 6.26 Å². The molecule has 8 nitrogen and oxygen atoms in total. The molecule has 0 fully saturated rings. The number of carbonyl (C=O) groups excluding carboxylic acids is 1. The van der Waals surface area contributed by atoms with Crippen molar-refractivity contribution in [1.29, 1.82) is 5.26 Å². The summed E-state index contributed by atoms with van der Waals surface area (Å²) in [4.78, 5) is 12.5. The van der Waals surface area contributed by atoms with Gasteiger partial charge < -0.3 is 19.5 Å². The lowest BCUT2D eigenvalue weighted by Crippen LogP contribution is -2.13. The van der Waals surface area contributed by atoms with Crippen LogP contribution in [0.2, 0.25) is 0 Å². The number of anilines is 1. The number of rotatable bonds is 6. The molecule has 0 aliphatic rings. The van der Waals surface area contributed by atoms with Crippen molar-refractivity contribution in [3.8, 4) is 23.3 Å². The predicted molar refractivity (Wildman–Crippen MR) is 89.1 cm³/mol. The van der Waals surface area contributed by atoms with Crippen molar-refractivity contribution in [2.45, 2.75) is 5.03 Å². The lowest BCUT2D eigenvalue weighted by molar-refractivity contribution is 0.102. The molecule has 1 heterocycles. The molecule has 0 aliphatic heterocycles. The van der Waals surface area contributed by atoms with Gasteiger partial charge in [-0.2, -0.15) is 10.4 Å². The van der Waals surface area contributed by atoms with Gasteiger partial charge in [0.15, 0.2) is 11.5 Å². The van der Waals surface area contributed by atoms with Gasteiger partial charge in [0.25, 0.3) is 5.91 Å². The monoisotopic (exact) mass is 348 g/mol. The Morgan fingerprint density at radius 1 is 1.25 bits per heavy atom. The maximum Gasteiger partial charge on any atom is 0.257 e. The number of amides is 1. The van der Waals surface area contributed by atoms with Gasteiger partial charge in [-0.05, 0) is 18.4 Å². The molecular weight excluding hydrogens is 332 g/mol. The zero-order chi connectivity index (χ0) is 17.7. The van der Waals surface area contributed by atoms with Crippen molar-refractivity contribution in [1.82, 2.24) is 10.2 Å². The Kier molecular flexibility index (Phi) is 5.55. The average molecular weight is 348 g/mol. The van der Waals surface area contributed by atoms with Gasteiger partial charge >= 0.3 is 0 Å². The molecule has 126 valence electrons. The van der Waals surface area contributed by atoms with Crippen molar-refractivity contribution in [3.05, 3.63) is 23.3 Å². The van der Waals surface area contributed by atoms with Gasteiger partial charge in [-0.1, -0.05) is 0 Å². The smallest absolute Gasteiger partial charge is 0.257 e. The van der Waals surface area contributed by atoms with E-state index < -0.39 is 5.91 Å². The maximum absolute atomic E-state index is 12.5. The predicted octanol–water partition coefficient (Wildman–Crippen LogP) is 2.28. The number of benzene rings is 1. The Balaban J connectivity index is 2.37. The van der Waals surface area contributed by atoms with Crippen LogP contribution in [-0.2, 0) is 0 Å². The van der Waals surface area contributed by atoms with Gasteiger partial charge in [0, 0.05) is 5.56 Å². The molecule has 2 N–H and O–H groups in total. The van der Waals surface area contributed by atoms with Crippen LogP contribution in [0.1, 0.15) is 15.9 Å². The second-order valence-electron chi connectivity index (χ2n) is 4.46. The van der Waals surface area contributed by atoms with Crippen LogP contribution in [0.15, 0.2) is 17.2 Å². The van der Waals surface area contributed by atoms with E-state index in [9.17, 15) is 10.1 Å². The Labute approximate surface area is 143 Å². The number of H-pyrrole nitrogens is 1. The summed E-state index contributed by atoms with van der Waals surface area (Å²) < 4.78 is 15.7. The molecule has 0 atom stereocenters. The van der Waals surface area contributed by atoms with Gasteiger partial charge in [-0.3, -0.25) is 9.89 Å². The summed E-state index contributed by atoms with van der Waals surface area (Å²) >= 11 is 1.31. The summed E-state index contributed by atoms with van der Waals surface area (Å²) in [7, 11) is 4.41. The number of hydrogen-bond acceptors (Lipinski definition) is 7. The summed E-state index contributed by atoms with van der Waals surface area (Å²) in [5.41, 5.74) is 0.567. The zero-order valence-electron chi connectivity index (χ0n) is 13.6. The minimum atomic E-state index is -0.443. The highest BCUT2D eigenvalue weighted by molar-refractivity contribution is 7.98. The second kappa shape index (κ2) is 7.61. The van der Waals surface area contributed by atoms with E-state index >= 15 is 0 Å². The van der Waals surface area contributed by atoms with Crippen molar-refractivity contribution in [2.75, 3.05) is 32.9 Å². The molecule has 1 amide bonds. The van der Waals surface area contributed by atoms with Crippen molar-refractivity contribution < 1.29 is 19.0 Å². The van der Waals surface area contributed by atoms with Crippen molar-refractivity contribution >= 4 is 23.5 Å². The number of thioether (sulfide) groups is 1. The van der Waals surface area contributed by atoms with Gasteiger partial charge in [-0.15, -0.1) is 11.8 Å². The standard InChI is InChI=1S/C15H16N4O4S/c1-21-10-5-8(6-11(22-2)12(10)23-3)14(20)17-13-9(7-16)15(24-4)19-18-13/h5-6H,1-4H3,(H2,17,18,19,20). The molecule has 0 radical (unpaired) electrons. The first-order valence-electron chi connectivity index (χ1n) is 6.73. The van der Waals surface area contributed by atoms with Crippen LogP contribution < -0.4 is 19.5 Å². The summed E-state index contributed by atoms with van der Waals surface area (Å²) in [5, 5.41) is 19.0. The molecule has 0 unspecified atom stereocenters. The van der Waals surface area contributed by atoms with Gasteiger partial charge in [0.2, 0.25) is 5.75 Å². The third-order valence-corrected chi connectivity index (χ3v) is 3.89. The fraction of sp³-hybridized carbons (Fsp3) is 0.267. The fourth-order valence-electron chi connectivity index (χ4n) is 2.07. The Morgan fingerprint density at radius 2 is 1.88 bits per heavy atom. The molecule has 9 heteroatoms. The normalized spacial score (nSPS) is 9.96. The number of hydrogen-bond donors (Lipinski definition) is 2. The van der Waals surface area contributed by atoms with Crippen LogP contribution in [0.25, 0.3) is 0 Å². The Hall–Kier alpha value is -2.86. The third-order valence-electron chi connectivity index (χ3n) is 3.20. The highest BCUT2D eigenvalue weighted by atomic mass is 32.2. The molecular formula is C15H16N4O4S. The van der Waals surface area contributed by atoms with Crippen LogP contribution in [0, 0.1) is 11.3 Å². The van der Waals surface area contributed by atoms with Crippen LogP contribution in [0.4, 0.5) is 5.82 Å². The number of carbonyl (C=O) groups is 1. The zero-order valence-corrected chi connectivity index (χ0v) is 14.4. The van der Waals surface area contributed by atoms with Gasteiger partial charge in [0.1, 0.15) is 22.5 Å². The SMILES string of the molecule is COc1cc(C(=O)Nc2[nH]nc(SC)c2C#N)cc(OC)c1OC. The number of aromatic nitrogens is 2. The molecule has 2 aromatic rings. The van der Waals surface area contributed by atoms with E-state index in [-0.39, 0.29) is 16.9 Å². The van der Waals surface area contributed by atoms with E-state index in [4.69, 9.17) is 14.2 Å². The number of nitriles is 1. The summed E-state index contributed by atoms with van der Waals surface area (Å²) in [6.07, 6.45) is 1.79. The van der Waals surface area contributed by atoms with Gasteiger partial charge in [0.05, 0.1) is 21.3 Å². The molecule has 1 aromatic carbocycles. The van der Waals surface area contributed by atoms with Gasteiger partial charge in [-0.25, -0.2) is 0 Å². The van der Waals surface area contributed by atoms with E-state index in [2.05, 4.69) is 15.5 Å². The van der Waals surface area contributed by atoms with E-state index in [1.165, 1.54) is 45.2 Å². The number of nitrogens with one attached hydrogen (secondary N) is 2. The first kappa shape index (κ1) is 17.5. The van der Waals surface area contributed by atoms with Crippen LogP contribution in [0.5, 0.6) is 17.2 Å².